The van der Waals surface area contributed by atoms with E-state index in [2.05, 4.69) is 51.6 Å². The van der Waals surface area contributed by atoms with Crippen LogP contribution in [-0.2, 0) is 14.4 Å². The number of primary sulfonamides is 1. The van der Waals surface area contributed by atoms with Crippen molar-refractivity contribution in [2.24, 2.45) is 17.0 Å². The van der Waals surface area contributed by atoms with Crippen LogP contribution in [0, 0.1) is 11.8 Å². The average molecular weight is 432 g/mol. The van der Waals surface area contributed by atoms with Gasteiger partial charge in [-0.2, -0.15) is 0 Å². The zero-order chi connectivity index (χ0) is 21.7. The Morgan fingerprint density at radius 3 is 1.83 bits per heavy atom. The predicted molar refractivity (Wildman–Crippen MR) is 124 cm³/mol. The third-order valence-electron chi connectivity index (χ3n) is 5.44. The molecule has 0 amide bonds. The summed E-state index contributed by atoms with van der Waals surface area (Å²) in [5, 5.41) is 7.52. The van der Waals surface area contributed by atoms with E-state index in [0.717, 1.165) is 0 Å². The molecule has 158 valence electrons. The van der Waals surface area contributed by atoms with Crippen LogP contribution in [0.5, 0.6) is 0 Å². The van der Waals surface area contributed by atoms with E-state index in [1.54, 1.807) is 6.08 Å². The second-order valence-corrected chi connectivity index (χ2v) is 14.6. The molecule has 4 nitrogen and oxygen atoms in total. The molecule has 0 saturated heterocycles. The van der Waals surface area contributed by atoms with Crippen molar-refractivity contribution in [3.8, 4) is 0 Å². The Morgan fingerprint density at radius 2 is 1.48 bits per heavy atom. The quantitative estimate of drug-likeness (QED) is 0.489. The fourth-order valence-corrected chi connectivity index (χ4v) is 9.52. The Hall–Kier alpha value is -1.73. The summed E-state index contributed by atoms with van der Waals surface area (Å²) >= 11 is 0. The largest absolute Gasteiger partial charge is 0.407 e. The first-order valence-electron chi connectivity index (χ1n) is 9.89. The van der Waals surface area contributed by atoms with Crippen molar-refractivity contribution < 1.29 is 12.8 Å². The van der Waals surface area contributed by atoms with Crippen molar-refractivity contribution in [2.75, 3.05) is 12.4 Å². The predicted octanol–water partition coefficient (Wildman–Crippen LogP) is 3.29. The normalized spacial score (nSPS) is 14.9. The highest BCUT2D eigenvalue weighted by atomic mass is 32.2. The van der Waals surface area contributed by atoms with Crippen LogP contribution >= 0.6 is 0 Å². The highest BCUT2D eigenvalue weighted by molar-refractivity contribution is 7.89. The van der Waals surface area contributed by atoms with Crippen molar-refractivity contribution >= 4 is 28.7 Å². The molecular weight excluding hydrogens is 398 g/mol. The van der Waals surface area contributed by atoms with Gasteiger partial charge in [0.2, 0.25) is 10.0 Å². The number of rotatable bonds is 9. The Bertz CT molecular complexity index is 853. The minimum Gasteiger partial charge on any atom is -0.407 e. The molecule has 0 aliphatic rings. The monoisotopic (exact) mass is 431 g/mol. The van der Waals surface area contributed by atoms with Gasteiger partial charge >= 0.3 is 0 Å². The lowest BCUT2D eigenvalue weighted by Gasteiger charge is -2.44. The van der Waals surface area contributed by atoms with Crippen molar-refractivity contribution in [1.29, 1.82) is 0 Å². The topological polar surface area (TPSA) is 69.4 Å². The first-order chi connectivity index (χ1) is 13.5. The van der Waals surface area contributed by atoms with Gasteiger partial charge in [-0.3, -0.25) is 0 Å². The first-order valence-corrected chi connectivity index (χ1v) is 13.5. The van der Waals surface area contributed by atoms with Crippen LogP contribution in [0.3, 0.4) is 0 Å². The molecule has 2 atom stereocenters. The van der Waals surface area contributed by atoms with Crippen LogP contribution in [-0.4, -0.2) is 29.1 Å². The lowest BCUT2D eigenvalue weighted by molar-refractivity contribution is 0.230. The summed E-state index contributed by atoms with van der Waals surface area (Å²) in [6.45, 7) is 12.9. The maximum Gasteiger partial charge on any atom is 0.261 e. The first kappa shape index (κ1) is 23.5. The highest BCUT2D eigenvalue weighted by Gasteiger charge is 2.50. The van der Waals surface area contributed by atoms with E-state index in [0.29, 0.717) is 6.61 Å². The molecule has 2 N–H and O–H groups in total. The zero-order valence-electron chi connectivity index (χ0n) is 17.8. The van der Waals surface area contributed by atoms with Crippen LogP contribution in [0.2, 0.25) is 5.04 Å². The molecule has 0 bridgehead atoms. The van der Waals surface area contributed by atoms with Crippen molar-refractivity contribution in [1.82, 2.24) is 0 Å². The molecular formula is C23H33NO3SSi. The molecule has 0 aliphatic carbocycles. The molecule has 29 heavy (non-hydrogen) atoms. The summed E-state index contributed by atoms with van der Waals surface area (Å²) in [6.07, 6.45) is 1.79. The van der Waals surface area contributed by atoms with Crippen LogP contribution in [0.15, 0.2) is 73.3 Å². The van der Waals surface area contributed by atoms with E-state index < -0.39 is 18.3 Å². The summed E-state index contributed by atoms with van der Waals surface area (Å²) in [5.41, 5.74) is 0. The lowest BCUT2D eigenvalue weighted by atomic mass is 9.97. The van der Waals surface area contributed by atoms with Gasteiger partial charge in [0, 0.05) is 12.5 Å². The van der Waals surface area contributed by atoms with Gasteiger partial charge in [-0.1, -0.05) is 94.4 Å². The van der Waals surface area contributed by atoms with E-state index in [-0.39, 0.29) is 22.6 Å². The second kappa shape index (κ2) is 9.39. The molecule has 0 unspecified atom stereocenters. The maximum atomic E-state index is 11.6. The van der Waals surface area contributed by atoms with Crippen molar-refractivity contribution in [3.63, 3.8) is 0 Å². The van der Waals surface area contributed by atoms with Gasteiger partial charge in [0.1, 0.15) is 0 Å². The summed E-state index contributed by atoms with van der Waals surface area (Å²) in [5.74, 6) is -0.385. The standard InChI is InChI=1S/C23H33NO3SSi/c1-6-20(19(2)18-28(24,25)26)17-27-29(23(3,4)5,21-13-9-7-10-14-21)22-15-11-8-12-16-22/h6-16,19-20H,1,17-18H2,2-5H3,(H2,24,25,26)/t19-,20-/m0/s1. The number of hydrogen-bond acceptors (Lipinski definition) is 3. The third kappa shape index (κ3) is 5.66. The summed E-state index contributed by atoms with van der Waals surface area (Å²) in [4.78, 5) is 0. The molecule has 0 spiro atoms. The second-order valence-electron chi connectivity index (χ2n) is 8.68. The molecule has 0 heterocycles. The lowest BCUT2D eigenvalue weighted by Crippen LogP contribution is -2.67. The van der Waals surface area contributed by atoms with Gasteiger partial charge in [-0.05, 0) is 21.3 Å². The van der Waals surface area contributed by atoms with E-state index in [1.165, 1.54) is 10.4 Å². The van der Waals surface area contributed by atoms with E-state index in [4.69, 9.17) is 9.56 Å². The molecule has 2 rings (SSSR count). The number of hydrogen-bond donors (Lipinski definition) is 1. The molecule has 0 saturated carbocycles. The van der Waals surface area contributed by atoms with Gasteiger partial charge in [0.15, 0.2) is 0 Å². The van der Waals surface area contributed by atoms with Crippen molar-refractivity contribution in [2.45, 2.75) is 32.7 Å². The van der Waals surface area contributed by atoms with Crippen LogP contribution in [0.25, 0.3) is 0 Å². The Balaban J connectivity index is 2.49. The minimum absolute atomic E-state index is 0.0895. The van der Waals surface area contributed by atoms with Gasteiger partial charge in [-0.25, -0.2) is 13.6 Å². The number of benzene rings is 2. The maximum absolute atomic E-state index is 11.6. The summed E-state index contributed by atoms with van der Waals surface area (Å²) < 4.78 is 30.0. The van der Waals surface area contributed by atoms with Crippen LogP contribution in [0.1, 0.15) is 27.7 Å². The zero-order valence-corrected chi connectivity index (χ0v) is 19.7. The SMILES string of the molecule is C=C[C@@H](CO[Si](c1ccccc1)(c1ccccc1)C(C)(C)C)[C@@H](C)CS(N)(=O)=O. The number of nitrogens with two attached hydrogens (primary N) is 1. The van der Waals surface area contributed by atoms with E-state index >= 15 is 0 Å². The van der Waals surface area contributed by atoms with E-state index in [9.17, 15) is 8.42 Å². The highest BCUT2D eigenvalue weighted by Crippen LogP contribution is 2.37. The van der Waals surface area contributed by atoms with Crippen LogP contribution < -0.4 is 15.5 Å². The van der Waals surface area contributed by atoms with Gasteiger partial charge in [0.25, 0.3) is 8.32 Å². The molecule has 2 aromatic carbocycles. The summed E-state index contributed by atoms with van der Waals surface area (Å²) in [6, 6.07) is 20.8. The molecule has 0 aliphatic heterocycles. The van der Waals surface area contributed by atoms with Gasteiger partial charge in [-0.15, -0.1) is 6.58 Å². The van der Waals surface area contributed by atoms with Crippen molar-refractivity contribution in [3.05, 3.63) is 73.3 Å². The Morgan fingerprint density at radius 1 is 1.03 bits per heavy atom. The summed E-state index contributed by atoms with van der Waals surface area (Å²) in [7, 11) is -6.22. The molecule has 0 aromatic heterocycles. The van der Waals surface area contributed by atoms with E-state index in [1.807, 2.05) is 43.3 Å². The minimum atomic E-state index is -3.56. The molecule has 0 fully saturated rings. The molecule has 0 radical (unpaired) electrons. The smallest absolute Gasteiger partial charge is 0.261 e. The number of sulfonamides is 1. The third-order valence-corrected chi connectivity index (χ3v) is 11.4. The Labute approximate surface area is 177 Å². The van der Waals surface area contributed by atoms with Gasteiger partial charge in [0.05, 0.1) is 5.75 Å². The van der Waals surface area contributed by atoms with Crippen LogP contribution in [0.4, 0.5) is 0 Å². The fraction of sp³-hybridized carbons (Fsp3) is 0.391. The Kier molecular flexibility index (Phi) is 7.62. The molecule has 6 heteroatoms. The average Bonchev–Trinajstić information content (AvgIpc) is 2.64. The fourth-order valence-electron chi connectivity index (χ4n) is 3.94. The van der Waals surface area contributed by atoms with Gasteiger partial charge < -0.3 is 4.43 Å². The molecule has 2 aromatic rings.